The highest BCUT2D eigenvalue weighted by Crippen LogP contribution is 2.19. The molecule has 21 heavy (non-hydrogen) atoms. The summed E-state index contributed by atoms with van der Waals surface area (Å²) in [4.78, 5) is 10.8. The van der Waals surface area contributed by atoms with Gasteiger partial charge >= 0.3 is 0 Å². The first kappa shape index (κ1) is 15.5. The number of likely N-dealkylation sites (N-methyl/N-ethyl adjacent to an activating group) is 1. The Morgan fingerprint density at radius 1 is 1.52 bits per heavy atom. The van der Waals surface area contributed by atoms with Crippen LogP contribution in [0.15, 0.2) is 18.6 Å². The largest absolute Gasteiger partial charge is 0.389 e. The van der Waals surface area contributed by atoms with Crippen LogP contribution in [0.25, 0.3) is 5.65 Å². The summed E-state index contributed by atoms with van der Waals surface area (Å²) < 4.78 is 6.89. The Bertz CT molecular complexity index is 571. The Labute approximate surface area is 124 Å². The average Bonchev–Trinajstić information content (AvgIpc) is 2.92. The lowest BCUT2D eigenvalue weighted by molar-refractivity contribution is 0.0694. The molecule has 7 nitrogen and oxygen atoms in total. The fraction of sp³-hybridized carbons (Fsp3) is 0.571. The molecule has 116 valence electrons. The molecular weight excluding hydrogens is 270 g/mol. The maximum Gasteiger partial charge on any atom is 0.180 e. The third-order valence-corrected chi connectivity index (χ3v) is 3.12. The normalized spacial score (nSPS) is 12.6. The van der Waals surface area contributed by atoms with E-state index in [0.29, 0.717) is 13.2 Å². The van der Waals surface area contributed by atoms with Gasteiger partial charge in [0.15, 0.2) is 11.5 Å². The molecule has 2 N–H and O–H groups in total. The highest BCUT2D eigenvalue weighted by atomic mass is 16.5. The second-order valence-electron chi connectivity index (χ2n) is 5.02. The van der Waals surface area contributed by atoms with Gasteiger partial charge in [-0.2, -0.15) is 0 Å². The zero-order chi connectivity index (χ0) is 15.2. The monoisotopic (exact) mass is 293 g/mol. The van der Waals surface area contributed by atoms with Gasteiger partial charge in [-0.3, -0.25) is 0 Å². The smallest absolute Gasteiger partial charge is 0.180 e. The lowest BCUT2D eigenvalue weighted by Gasteiger charge is -2.22. The van der Waals surface area contributed by atoms with Crippen molar-refractivity contribution in [2.75, 3.05) is 44.1 Å². The molecule has 0 fully saturated rings. The first-order valence-corrected chi connectivity index (χ1v) is 7.11. The van der Waals surface area contributed by atoms with E-state index in [1.807, 2.05) is 28.7 Å². The standard InChI is InChI=1S/C14H23N5O2/c1-4-5-15-12-9-19-7-6-16-13(19)14(17-12)18(2)8-11(20)10-21-3/h6-7,9,11,15,20H,4-5,8,10H2,1-3H3. The van der Waals surface area contributed by atoms with Crippen LogP contribution in [-0.4, -0.2) is 59.4 Å². The van der Waals surface area contributed by atoms with E-state index in [4.69, 9.17) is 4.74 Å². The van der Waals surface area contributed by atoms with Gasteiger partial charge in [0.2, 0.25) is 0 Å². The Morgan fingerprint density at radius 2 is 2.33 bits per heavy atom. The molecule has 0 saturated carbocycles. The van der Waals surface area contributed by atoms with E-state index in [9.17, 15) is 5.11 Å². The topological polar surface area (TPSA) is 74.9 Å². The number of fused-ring (bicyclic) bond motifs is 1. The number of anilines is 2. The third kappa shape index (κ3) is 3.83. The Balaban J connectivity index is 2.25. The number of rotatable bonds is 8. The zero-order valence-corrected chi connectivity index (χ0v) is 12.8. The molecular formula is C14H23N5O2. The minimum atomic E-state index is -0.566. The SMILES string of the molecule is CCCNc1cn2ccnc2c(N(C)CC(O)COC)n1. The first-order chi connectivity index (χ1) is 10.2. The summed E-state index contributed by atoms with van der Waals surface area (Å²) in [6.07, 6.45) is 6.01. The predicted octanol–water partition coefficient (Wildman–Crippen LogP) is 0.995. The van der Waals surface area contributed by atoms with Crippen molar-refractivity contribution in [3.05, 3.63) is 18.6 Å². The van der Waals surface area contributed by atoms with Crippen LogP contribution in [0.2, 0.25) is 0 Å². The summed E-state index contributed by atoms with van der Waals surface area (Å²) in [7, 11) is 3.46. The average molecular weight is 293 g/mol. The number of methoxy groups -OCH3 is 1. The summed E-state index contributed by atoms with van der Waals surface area (Å²) in [5, 5.41) is 13.2. The van der Waals surface area contributed by atoms with Crippen LogP contribution < -0.4 is 10.2 Å². The van der Waals surface area contributed by atoms with Crippen molar-refractivity contribution in [1.82, 2.24) is 14.4 Å². The second kappa shape index (κ2) is 7.24. The molecule has 7 heteroatoms. The van der Waals surface area contributed by atoms with Gasteiger partial charge in [0.25, 0.3) is 0 Å². The van der Waals surface area contributed by atoms with Crippen LogP contribution in [0, 0.1) is 0 Å². The molecule has 2 rings (SSSR count). The number of aromatic nitrogens is 3. The number of nitrogens with one attached hydrogen (secondary N) is 1. The molecule has 1 unspecified atom stereocenters. The van der Waals surface area contributed by atoms with E-state index in [1.54, 1.807) is 13.3 Å². The van der Waals surface area contributed by atoms with Gasteiger partial charge in [0, 0.05) is 39.6 Å². The van der Waals surface area contributed by atoms with Crippen molar-refractivity contribution < 1.29 is 9.84 Å². The highest BCUT2D eigenvalue weighted by Gasteiger charge is 2.15. The molecule has 0 aliphatic carbocycles. The van der Waals surface area contributed by atoms with Gasteiger partial charge in [-0.1, -0.05) is 6.92 Å². The zero-order valence-electron chi connectivity index (χ0n) is 12.8. The van der Waals surface area contributed by atoms with Gasteiger partial charge in [-0.05, 0) is 6.42 Å². The first-order valence-electron chi connectivity index (χ1n) is 7.11. The molecule has 0 radical (unpaired) electrons. The molecule has 0 saturated heterocycles. The van der Waals surface area contributed by atoms with Crippen molar-refractivity contribution in [1.29, 1.82) is 0 Å². The maximum absolute atomic E-state index is 9.88. The van der Waals surface area contributed by atoms with Crippen molar-refractivity contribution in [2.24, 2.45) is 0 Å². The van der Waals surface area contributed by atoms with Crippen LogP contribution >= 0.6 is 0 Å². The van der Waals surface area contributed by atoms with Crippen molar-refractivity contribution in [2.45, 2.75) is 19.4 Å². The number of aliphatic hydroxyl groups excluding tert-OH is 1. The second-order valence-corrected chi connectivity index (χ2v) is 5.02. The van der Waals surface area contributed by atoms with Gasteiger partial charge in [0.05, 0.1) is 18.9 Å². The molecule has 0 aliphatic heterocycles. The van der Waals surface area contributed by atoms with E-state index in [0.717, 1.165) is 30.2 Å². The number of aliphatic hydroxyl groups is 1. The molecule has 0 bridgehead atoms. The number of ether oxygens (including phenoxy) is 1. The Kier molecular flexibility index (Phi) is 5.35. The van der Waals surface area contributed by atoms with Crippen LogP contribution in [0.4, 0.5) is 11.6 Å². The van der Waals surface area contributed by atoms with E-state index in [-0.39, 0.29) is 0 Å². The summed E-state index contributed by atoms with van der Waals surface area (Å²) in [6, 6.07) is 0. The molecule has 0 aromatic carbocycles. The van der Waals surface area contributed by atoms with E-state index in [2.05, 4.69) is 22.2 Å². The molecule has 2 heterocycles. The van der Waals surface area contributed by atoms with Crippen LogP contribution in [0.1, 0.15) is 13.3 Å². The van der Waals surface area contributed by atoms with Crippen LogP contribution in [0.5, 0.6) is 0 Å². The van der Waals surface area contributed by atoms with Gasteiger partial charge in [0.1, 0.15) is 5.82 Å². The highest BCUT2D eigenvalue weighted by molar-refractivity contribution is 5.66. The lowest BCUT2D eigenvalue weighted by atomic mass is 10.3. The molecule has 2 aromatic rings. The Morgan fingerprint density at radius 3 is 3.05 bits per heavy atom. The number of hydrogen-bond acceptors (Lipinski definition) is 6. The number of imidazole rings is 1. The van der Waals surface area contributed by atoms with Crippen LogP contribution in [-0.2, 0) is 4.74 Å². The minimum absolute atomic E-state index is 0.294. The molecule has 2 aromatic heterocycles. The minimum Gasteiger partial charge on any atom is -0.389 e. The van der Waals surface area contributed by atoms with E-state index < -0.39 is 6.10 Å². The summed E-state index contributed by atoms with van der Waals surface area (Å²) >= 11 is 0. The number of nitrogens with zero attached hydrogens (tertiary/aromatic N) is 4. The number of hydrogen-bond donors (Lipinski definition) is 2. The fourth-order valence-corrected chi connectivity index (χ4v) is 2.16. The molecule has 1 atom stereocenters. The van der Waals surface area contributed by atoms with Crippen LogP contribution in [0.3, 0.4) is 0 Å². The molecule has 0 aliphatic rings. The van der Waals surface area contributed by atoms with Crippen molar-refractivity contribution in [3.8, 4) is 0 Å². The van der Waals surface area contributed by atoms with Gasteiger partial charge < -0.3 is 24.5 Å². The lowest BCUT2D eigenvalue weighted by Crippen LogP contribution is -2.32. The Hall–Kier alpha value is -1.86. The van der Waals surface area contributed by atoms with Gasteiger partial charge in [-0.25, -0.2) is 9.97 Å². The van der Waals surface area contributed by atoms with Crippen molar-refractivity contribution in [3.63, 3.8) is 0 Å². The van der Waals surface area contributed by atoms with E-state index >= 15 is 0 Å². The maximum atomic E-state index is 9.88. The van der Waals surface area contributed by atoms with Gasteiger partial charge in [-0.15, -0.1) is 0 Å². The summed E-state index contributed by atoms with van der Waals surface area (Å²) in [5.74, 6) is 1.53. The van der Waals surface area contributed by atoms with Crippen molar-refractivity contribution >= 4 is 17.3 Å². The fourth-order valence-electron chi connectivity index (χ4n) is 2.16. The summed E-state index contributed by atoms with van der Waals surface area (Å²) in [6.45, 7) is 3.70. The molecule has 0 spiro atoms. The molecule has 0 amide bonds. The van der Waals surface area contributed by atoms with E-state index in [1.165, 1.54) is 0 Å². The third-order valence-electron chi connectivity index (χ3n) is 3.12. The predicted molar refractivity (Wildman–Crippen MR) is 82.9 cm³/mol. The quantitative estimate of drug-likeness (QED) is 0.756. The summed E-state index contributed by atoms with van der Waals surface area (Å²) in [5.41, 5.74) is 0.768.